The second-order valence-corrected chi connectivity index (χ2v) is 8.25. The zero-order valence-corrected chi connectivity index (χ0v) is 20.4. The van der Waals surface area contributed by atoms with Crippen molar-refractivity contribution in [3.05, 3.63) is 93.4 Å². The average molecular weight is 515 g/mol. The second kappa shape index (κ2) is 12.2. The number of rotatable bonds is 7. The van der Waals surface area contributed by atoms with E-state index in [0.29, 0.717) is 13.2 Å². The van der Waals surface area contributed by atoms with Crippen LogP contribution in [0.1, 0.15) is 11.1 Å². The van der Waals surface area contributed by atoms with Gasteiger partial charge in [0.05, 0.1) is 20.3 Å². The Hall–Kier alpha value is -2.94. The second-order valence-electron chi connectivity index (χ2n) is 7.49. The molecule has 0 saturated carbocycles. The van der Waals surface area contributed by atoms with Crippen LogP contribution < -0.4 is 0 Å². The maximum Gasteiger partial charge on any atom is 0.224 e. The summed E-state index contributed by atoms with van der Waals surface area (Å²) in [5, 5.41) is 31.6. The van der Waals surface area contributed by atoms with E-state index >= 15 is 0 Å². The van der Waals surface area contributed by atoms with Gasteiger partial charge in [-0.15, -0.1) is 0 Å². The van der Waals surface area contributed by atoms with Crippen molar-refractivity contribution in [3.8, 4) is 23.7 Å². The van der Waals surface area contributed by atoms with Gasteiger partial charge in [-0.1, -0.05) is 108 Å². The van der Waals surface area contributed by atoms with E-state index in [1.165, 1.54) is 7.11 Å². The van der Waals surface area contributed by atoms with Crippen molar-refractivity contribution in [1.82, 2.24) is 0 Å². The van der Waals surface area contributed by atoms with Crippen molar-refractivity contribution in [2.24, 2.45) is 0 Å². The first kappa shape index (κ1) is 26.7. The minimum atomic E-state index is -2.40. The van der Waals surface area contributed by atoms with Gasteiger partial charge in [0.25, 0.3) is 0 Å². The molecule has 3 N–H and O–H groups in total. The third-order valence-electron chi connectivity index (χ3n) is 5.03. The van der Waals surface area contributed by atoms with Crippen molar-refractivity contribution in [2.75, 3.05) is 20.3 Å². The first-order chi connectivity index (χ1) is 16.8. The standard InChI is InChI=1S/C27H24Cl2O6/c1-33-25-23(29)26(31,14-8-16-34-18-20-10-4-2-5-11-20)24(30)22(28)27(25,32)15-9-17-35-19-21-12-6-3-7-13-21/h2-7,10-13,30-32H,16-19H2,1H3. The zero-order chi connectivity index (χ0) is 25.3. The minimum absolute atomic E-state index is 0.0421. The number of aliphatic hydroxyl groups is 3. The molecule has 182 valence electrons. The Morgan fingerprint density at radius 3 is 1.66 bits per heavy atom. The summed E-state index contributed by atoms with van der Waals surface area (Å²) in [6, 6.07) is 18.9. The maximum atomic E-state index is 11.1. The molecular formula is C27H24Cl2O6. The van der Waals surface area contributed by atoms with Crippen LogP contribution in [0, 0.1) is 23.7 Å². The summed E-state index contributed by atoms with van der Waals surface area (Å²) in [6.45, 7) is 0.528. The van der Waals surface area contributed by atoms with Crippen molar-refractivity contribution < 1.29 is 29.5 Å². The Morgan fingerprint density at radius 2 is 1.20 bits per heavy atom. The Balaban J connectivity index is 1.73. The zero-order valence-electron chi connectivity index (χ0n) is 18.9. The van der Waals surface area contributed by atoms with Gasteiger partial charge in [0.1, 0.15) is 23.3 Å². The molecule has 1 aliphatic rings. The predicted octanol–water partition coefficient (Wildman–Crippen LogP) is 4.01. The Labute approximate surface area is 214 Å². The van der Waals surface area contributed by atoms with Crippen LogP contribution in [0.5, 0.6) is 0 Å². The van der Waals surface area contributed by atoms with Crippen LogP contribution in [0.4, 0.5) is 0 Å². The SMILES string of the molecule is COC1=C(Cl)C(O)(C#CCOCc2ccccc2)C(O)=C(Cl)C1(O)C#CCOCc1ccccc1. The van der Waals surface area contributed by atoms with Gasteiger partial charge < -0.3 is 29.5 Å². The highest BCUT2D eigenvalue weighted by molar-refractivity contribution is 6.35. The van der Waals surface area contributed by atoms with Gasteiger partial charge in [-0.25, -0.2) is 0 Å². The van der Waals surface area contributed by atoms with Crippen molar-refractivity contribution in [1.29, 1.82) is 0 Å². The van der Waals surface area contributed by atoms with Gasteiger partial charge in [-0.05, 0) is 11.1 Å². The summed E-state index contributed by atoms with van der Waals surface area (Å²) in [4.78, 5) is 0. The van der Waals surface area contributed by atoms with Gasteiger partial charge in [0.15, 0.2) is 11.5 Å². The van der Waals surface area contributed by atoms with E-state index in [2.05, 4.69) is 23.7 Å². The topological polar surface area (TPSA) is 88.4 Å². The lowest BCUT2D eigenvalue weighted by atomic mass is 9.85. The summed E-state index contributed by atoms with van der Waals surface area (Å²) in [6.07, 6.45) is 0. The lowest BCUT2D eigenvalue weighted by molar-refractivity contribution is 0.0600. The average Bonchev–Trinajstić information content (AvgIpc) is 2.88. The van der Waals surface area contributed by atoms with Crippen LogP contribution in [0.15, 0.2) is 82.2 Å². The molecule has 6 nitrogen and oxygen atoms in total. The van der Waals surface area contributed by atoms with Gasteiger partial charge in [-0.2, -0.15) is 0 Å². The van der Waals surface area contributed by atoms with E-state index in [1.54, 1.807) is 0 Å². The third-order valence-corrected chi connectivity index (χ3v) is 5.93. The highest BCUT2D eigenvalue weighted by atomic mass is 35.5. The van der Waals surface area contributed by atoms with Crippen molar-refractivity contribution in [2.45, 2.75) is 24.4 Å². The smallest absolute Gasteiger partial charge is 0.224 e. The number of ether oxygens (including phenoxy) is 3. The molecule has 0 heterocycles. The summed E-state index contributed by atoms with van der Waals surface area (Å²) in [5.41, 5.74) is -2.80. The predicted molar refractivity (Wildman–Crippen MR) is 133 cm³/mol. The van der Waals surface area contributed by atoms with Gasteiger partial charge in [0, 0.05) is 0 Å². The fourth-order valence-electron chi connectivity index (χ4n) is 3.24. The first-order valence-electron chi connectivity index (χ1n) is 10.6. The molecular weight excluding hydrogens is 491 g/mol. The van der Waals surface area contributed by atoms with E-state index in [0.717, 1.165) is 11.1 Å². The first-order valence-corrected chi connectivity index (χ1v) is 11.3. The number of aliphatic hydroxyl groups excluding tert-OH is 1. The molecule has 2 aromatic carbocycles. The molecule has 1 aliphatic carbocycles. The minimum Gasteiger partial charge on any atom is -0.507 e. The highest BCUT2D eigenvalue weighted by Crippen LogP contribution is 2.45. The summed E-state index contributed by atoms with van der Waals surface area (Å²) in [7, 11) is 1.22. The molecule has 35 heavy (non-hydrogen) atoms. The molecule has 2 aromatic rings. The highest BCUT2D eigenvalue weighted by Gasteiger charge is 2.53. The van der Waals surface area contributed by atoms with E-state index in [1.807, 2.05) is 60.7 Å². The lowest BCUT2D eigenvalue weighted by Gasteiger charge is -2.35. The lowest BCUT2D eigenvalue weighted by Crippen LogP contribution is -2.45. The van der Waals surface area contributed by atoms with Gasteiger partial charge >= 0.3 is 0 Å². The Bertz CT molecular complexity index is 1200. The van der Waals surface area contributed by atoms with E-state index in [4.69, 9.17) is 37.4 Å². The molecule has 0 aromatic heterocycles. The number of methoxy groups -OCH3 is 1. The molecule has 0 saturated heterocycles. The number of benzene rings is 2. The molecule has 3 rings (SSSR count). The fraction of sp³-hybridized carbons (Fsp3) is 0.259. The number of hydrogen-bond acceptors (Lipinski definition) is 6. The molecule has 8 heteroatoms. The van der Waals surface area contributed by atoms with Crippen LogP contribution in [-0.4, -0.2) is 46.8 Å². The quantitative estimate of drug-likeness (QED) is 0.382. The molecule has 2 atom stereocenters. The van der Waals surface area contributed by atoms with Crippen LogP contribution in [0.3, 0.4) is 0 Å². The summed E-state index contributed by atoms with van der Waals surface area (Å²) < 4.78 is 16.2. The van der Waals surface area contributed by atoms with Gasteiger partial charge in [-0.3, -0.25) is 0 Å². The monoisotopic (exact) mass is 514 g/mol. The summed E-state index contributed by atoms with van der Waals surface area (Å²) in [5.74, 6) is 8.98. The van der Waals surface area contributed by atoms with Gasteiger partial charge in [0.2, 0.25) is 11.2 Å². The Kier molecular flexibility index (Phi) is 9.26. The number of hydrogen-bond donors (Lipinski definition) is 3. The van der Waals surface area contributed by atoms with E-state index in [9.17, 15) is 15.3 Å². The van der Waals surface area contributed by atoms with Crippen LogP contribution in [-0.2, 0) is 27.4 Å². The normalized spacial score (nSPS) is 21.6. The van der Waals surface area contributed by atoms with Crippen LogP contribution in [0.25, 0.3) is 0 Å². The van der Waals surface area contributed by atoms with Crippen molar-refractivity contribution in [3.63, 3.8) is 0 Å². The van der Waals surface area contributed by atoms with E-state index < -0.39 is 27.0 Å². The maximum absolute atomic E-state index is 11.1. The molecule has 0 fully saturated rings. The fourth-order valence-corrected chi connectivity index (χ4v) is 3.86. The molecule has 0 aliphatic heterocycles. The summed E-state index contributed by atoms with van der Waals surface area (Å²) >= 11 is 12.5. The molecule has 0 bridgehead atoms. The molecule has 0 amide bonds. The van der Waals surface area contributed by atoms with Crippen LogP contribution in [0.2, 0.25) is 0 Å². The molecule has 2 unspecified atom stereocenters. The molecule has 0 spiro atoms. The Morgan fingerprint density at radius 1 is 0.743 bits per heavy atom. The van der Waals surface area contributed by atoms with Crippen LogP contribution >= 0.6 is 23.2 Å². The largest absolute Gasteiger partial charge is 0.507 e. The molecule has 0 radical (unpaired) electrons. The number of halogens is 2. The third kappa shape index (κ3) is 6.20. The van der Waals surface area contributed by atoms with Crippen molar-refractivity contribution >= 4 is 23.2 Å². The van der Waals surface area contributed by atoms with E-state index in [-0.39, 0.29) is 19.0 Å².